The number of nitrogens with two attached hydrogens (primary N) is 3. The number of thioether (sulfide) groups is 1. The summed E-state index contributed by atoms with van der Waals surface area (Å²) in [6.45, 7) is 5.51. The van der Waals surface area contributed by atoms with Crippen LogP contribution >= 0.6 is 11.8 Å². The summed E-state index contributed by atoms with van der Waals surface area (Å²) in [5.74, 6) is -3.22. The quantitative estimate of drug-likeness (QED) is 0.0319. The van der Waals surface area contributed by atoms with Crippen LogP contribution < -0.4 is 38.5 Å². The van der Waals surface area contributed by atoms with Crippen LogP contribution in [0.5, 0.6) is 0 Å². The molecule has 4 amide bonds. The average Bonchev–Trinajstić information content (AvgIpc) is 2.88. The molecule has 230 valence electrons. The third kappa shape index (κ3) is 18.2. The second-order valence-electron chi connectivity index (χ2n) is 9.78. The SMILES string of the molecule is C[C@H](NC(=O)[C@H](CCCN=C(N)N)NC(=O)CNC(=O)[C@@H](N)CSC(C)(C)C)C(=O)NCC(=O)OCC(O)CO. The fourth-order valence-corrected chi connectivity index (χ4v) is 3.55. The number of nitrogens with one attached hydrogen (secondary N) is 4. The molecule has 4 atom stereocenters. The van der Waals surface area contributed by atoms with Gasteiger partial charge < -0.3 is 53.4 Å². The van der Waals surface area contributed by atoms with E-state index in [9.17, 15) is 29.1 Å². The maximum absolute atomic E-state index is 12.9. The van der Waals surface area contributed by atoms with Crippen LogP contribution in [-0.2, 0) is 28.7 Å². The number of carbonyl (C=O) groups excluding carboxylic acids is 5. The number of carbonyl (C=O) groups is 5. The summed E-state index contributed by atoms with van der Waals surface area (Å²) >= 11 is 1.50. The molecular formula is C23H44N8O8S. The second-order valence-corrected chi connectivity index (χ2v) is 11.6. The Morgan fingerprint density at radius 1 is 1.00 bits per heavy atom. The molecule has 0 aliphatic rings. The summed E-state index contributed by atoms with van der Waals surface area (Å²) in [5, 5.41) is 27.6. The lowest BCUT2D eigenvalue weighted by atomic mass is 10.1. The van der Waals surface area contributed by atoms with Gasteiger partial charge in [-0.25, -0.2) is 0 Å². The van der Waals surface area contributed by atoms with Crippen molar-refractivity contribution in [2.45, 2.75) is 69.5 Å². The first kappa shape index (κ1) is 36.8. The molecule has 0 aromatic carbocycles. The highest BCUT2D eigenvalue weighted by Crippen LogP contribution is 2.23. The molecule has 17 heteroatoms. The molecular weight excluding hydrogens is 548 g/mol. The summed E-state index contributed by atoms with van der Waals surface area (Å²) in [6.07, 6.45) is -0.823. The standard InChI is InChI=1S/C23H44N8O8S/c1-13(19(36)29-9-18(35)39-11-14(33)10-32)30-21(38)16(6-5-7-27-22(25)26)31-17(34)8-28-20(37)15(24)12-40-23(2,3)4/h13-16,32-33H,5-12,24H2,1-4H3,(H,28,37)(H,29,36)(H,30,38)(H,31,34)(H4,25,26,27)/t13-,14?,15-,16-/m0/s1. The molecule has 0 bridgehead atoms. The second kappa shape index (κ2) is 19.0. The highest BCUT2D eigenvalue weighted by Gasteiger charge is 2.25. The van der Waals surface area contributed by atoms with Gasteiger partial charge in [0.15, 0.2) is 5.96 Å². The van der Waals surface area contributed by atoms with E-state index in [0.717, 1.165) is 0 Å². The number of amides is 4. The average molecular weight is 593 g/mol. The number of guanidine groups is 1. The number of hydrogen-bond donors (Lipinski definition) is 9. The van der Waals surface area contributed by atoms with E-state index in [0.29, 0.717) is 12.2 Å². The molecule has 16 nitrogen and oxygen atoms in total. The zero-order valence-electron chi connectivity index (χ0n) is 23.4. The van der Waals surface area contributed by atoms with Crippen molar-refractivity contribution in [3.8, 4) is 0 Å². The van der Waals surface area contributed by atoms with Crippen molar-refractivity contribution in [3.63, 3.8) is 0 Å². The predicted molar refractivity (Wildman–Crippen MR) is 150 cm³/mol. The minimum absolute atomic E-state index is 0.0876. The van der Waals surface area contributed by atoms with E-state index >= 15 is 0 Å². The Kier molecular flexibility index (Phi) is 17.5. The Labute approximate surface area is 238 Å². The number of nitrogens with zero attached hydrogens (tertiary/aromatic N) is 1. The van der Waals surface area contributed by atoms with Crippen molar-refractivity contribution < 1.29 is 38.9 Å². The van der Waals surface area contributed by atoms with Gasteiger partial charge in [0, 0.05) is 17.0 Å². The van der Waals surface area contributed by atoms with Crippen LogP contribution in [0.15, 0.2) is 4.99 Å². The summed E-state index contributed by atoms with van der Waals surface area (Å²) in [5.41, 5.74) is 16.5. The Morgan fingerprint density at radius 3 is 2.20 bits per heavy atom. The van der Waals surface area contributed by atoms with Gasteiger partial charge in [0.25, 0.3) is 0 Å². The topological polar surface area (TPSA) is 274 Å². The van der Waals surface area contributed by atoms with E-state index in [-0.39, 0.29) is 23.7 Å². The molecule has 0 radical (unpaired) electrons. The van der Waals surface area contributed by atoms with Gasteiger partial charge in [-0.2, -0.15) is 11.8 Å². The molecule has 0 fully saturated rings. The van der Waals surface area contributed by atoms with Crippen molar-refractivity contribution in [2.24, 2.45) is 22.2 Å². The molecule has 0 spiro atoms. The molecule has 0 rings (SSSR count). The van der Waals surface area contributed by atoms with Crippen molar-refractivity contribution in [1.29, 1.82) is 0 Å². The van der Waals surface area contributed by atoms with Crippen LogP contribution in [0.3, 0.4) is 0 Å². The molecule has 40 heavy (non-hydrogen) atoms. The normalized spacial score (nSPS) is 14.1. The third-order valence-electron chi connectivity index (χ3n) is 4.86. The molecule has 0 aromatic heterocycles. The summed E-state index contributed by atoms with van der Waals surface area (Å²) in [7, 11) is 0. The van der Waals surface area contributed by atoms with Gasteiger partial charge in [-0.05, 0) is 19.8 Å². The van der Waals surface area contributed by atoms with E-state index in [1.54, 1.807) is 0 Å². The molecule has 0 aliphatic carbocycles. The Hall–Kier alpha value is -3.15. The summed E-state index contributed by atoms with van der Waals surface area (Å²) in [4.78, 5) is 65.3. The highest BCUT2D eigenvalue weighted by atomic mass is 32.2. The first-order valence-corrected chi connectivity index (χ1v) is 13.6. The van der Waals surface area contributed by atoms with Gasteiger partial charge in [0.1, 0.15) is 31.3 Å². The number of aliphatic imine (C=N–C) groups is 1. The van der Waals surface area contributed by atoms with Crippen molar-refractivity contribution >= 4 is 47.3 Å². The van der Waals surface area contributed by atoms with Gasteiger partial charge in [-0.15, -0.1) is 0 Å². The lowest BCUT2D eigenvalue weighted by Gasteiger charge is -2.22. The lowest BCUT2D eigenvalue weighted by molar-refractivity contribution is -0.147. The summed E-state index contributed by atoms with van der Waals surface area (Å²) < 4.78 is 4.59. The zero-order chi connectivity index (χ0) is 30.9. The van der Waals surface area contributed by atoms with Crippen LogP contribution in [0.2, 0.25) is 0 Å². The van der Waals surface area contributed by atoms with E-state index in [2.05, 4.69) is 31.0 Å². The maximum Gasteiger partial charge on any atom is 0.325 e. The Bertz CT molecular complexity index is 879. The number of ether oxygens (including phenoxy) is 1. The molecule has 0 saturated carbocycles. The van der Waals surface area contributed by atoms with E-state index in [1.807, 2.05) is 20.8 Å². The lowest BCUT2D eigenvalue weighted by Crippen LogP contribution is -2.54. The minimum atomic E-state index is -1.24. The molecule has 0 aromatic rings. The van der Waals surface area contributed by atoms with Crippen molar-refractivity contribution in [3.05, 3.63) is 0 Å². The third-order valence-corrected chi connectivity index (χ3v) is 6.25. The van der Waals surface area contributed by atoms with Gasteiger partial charge >= 0.3 is 5.97 Å². The highest BCUT2D eigenvalue weighted by molar-refractivity contribution is 8.00. The zero-order valence-corrected chi connectivity index (χ0v) is 24.2. The molecule has 0 saturated heterocycles. The van der Waals surface area contributed by atoms with E-state index in [4.69, 9.17) is 22.3 Å². The number of rotatable bonds is 18. The van der Waals surface area contributed by atoms with Gasteiger partial charge in [-0.3, -0.25) is 29.0 Å². The molecule has 0 heterocycles. The molecule has 0 aliphatic heterocycles. The van der Waals surface area contributed by atoms with Crippen LogP contribution in [0.1, 0.15) is 40.5 Å². The number of hydrogen-bond acceptors (Lipinski definition) is 11. The van der Waals surface area contributed by atoms with Crippen LogP contribution in [0.25, 0.3) is 0 Å². The van der Waals surface area contributed by atoms with Crippen molar-refractivity contribution in [2.75, 3.05) is 38.6 Å². The Morgan fingerprint density at radius 2 is 1.62 bits per heavy atom. The minimum Gasteiger partial charge on any atom is -0.462 e. The van der Waals surface area contributed by atoms with Crippen molar-refractivity contribution in [1.82, 2.24) is 21.3 Å². The number of aliphatic hydroxyl groups excluding tert-OH is 2. The van der Waals surface area contributed by atoms with Crippen LogP contribution in [-0.4, -0.2) is 113 Å². The maximum atomic E-state index is 12.9. The van der Waals surface area contributed by atoms with Crippen LogP contribution in [0.4, 0.5) is 0 Å². The predicted octanol–water partition coefficient (Wildman–Crippen LogP) is -3.98. The molecule has 12 N–H and O–H groups in total. The fourth-order valence-electron chi connectivity index (χ4n) is 2.72. The monoisotopic (exact) mass is 592 g/mol. The van der Waals surface area contributed by atoms with Gasteiger partial charge in [0.2, 0.25) is 23.6 Å². The van der Waals surface area contributed by atoms with E-state index < -0.39 is 80.1 Å². The summed E-state index contributed by atoms with van der Waals surface area (Å²) in [6, 6.07) is -3.02. The Balaban J connectivity index is 4.96. The molecule has 1 unspecified atom stereocenters. The number of esters is 1. The van der Waals surface area contributed by atoms with Gasteiger partial charge in [-0.1, -0.05) is 20.8 Å². The van der Waals surface area contributed by atoms with E-state index in [1.165, 1.54) is 18.7 Å². The largest absolute Gasteiger partial charge is 0.462 e. The van der Waals surface area contributed by atoms with Gasteiger partial charge in [0.05, 0.1) is 19.2 Å². The first-order valence-electron chi connectivity index (χ1n) is 12.6. The first-order chi connectivity index (χ1) is 18.5. The smallest absolute Gasteiger partial charge is 0.325 e. The fraction of sp³-hybridized carbons (Fsp3) is 0.739. The van der Waals surface area contributed by atoms with Crippen LogP contribution in [0, 0.1) is 0 Å². The number of aliphatic hydroxyl groups is 2.